The van der Waals surface area contributed by atoms with Crippen LogP contribution in [0.5, 0.6) is 0 Å². The van der Waals surface area contributed by atoms with E-state index in [-0.39, 0.29) is 11.5 Å². The van der Waals surface area contributed by atoms with Gasteiger partial charge in [0.05, 0.1) is 6.10 Å². The summed E-state index contributed by atoms with van der Waals surface area (Å²) < 4.78 is 0. The standard InChI is InChI=1S/C12H22O/c1-9(2)8-12(4)7-5-6-11(13)10(12)3/h8,10-11,13H,5-7H2,1-4H3. The highest BCUT2D eigenvalue weighted by molar-refractivity contribution is 5.08. The smallest absolute Gasteiger partial charge is 0.0574 e. The van der Waals surface area contributed by atoms with Gasteiger partial charge in [0, 0.05) is 0 Å². The Morgan fingerprint density at radius 1 is 1.46 bits per heavy atom. The fourth-order valence-corrected chi connectivity index (χ4v) is 2.47. The molecule has 0 saturated heterocycles. The van der Waals surface area contributed by atoms with Gasteiger partial charge in [-0.25, -0.2) is 0 Å². The molecule has 1 N–H and O–H groups in total. The summed E-state index contributed by atoms with van der Waals surface area (Å²) in [6.45, 7) is 8.72. The van der Waals surface area contributed by atoms with Crippen LogP contribution < -0.4 is 0 Å². The molecule has 3 unspecified atom stereocenters. The molecule has 1 rings (SSSR count). The second-order valence-corrected chi connectivity index (χ2v) is 4.98. The summed E-state index contributed by atoms with van der Waals surface area (Å²) >= 11 is 0. The second-order valence-electron chi connectivity index (χ2n) is 4.98. The first-order chi connectivity index (χ1) is 5.96. The fraction of sp³-hybridized carbons (Fsp3) is 0.833. The van der Waals surface area contributed by atoms with Gasteiger partial charge in [-0.1, -0.05) is 31.9 Å². The predicted octanol–water partition coefficient (Wildman–Crippen LogP) is 3.14. The maximum atomic E-state index is 9.80. The number of allylic oxidation sites excluding steroid dienone is 2. The quantitative estimate of drug-likeness (QED) is 0.618. The molecule has 0 aromatic rings. The van der Waals surface area contributed by atoms with Crippen LogP contribution in [0, 0.1) is 11.3 Å². The lowest BCUT2D eigenvalue weighted by Crippen LogP contribution is -2.37. The largest absolute Gasteiger partial charge is 0.393 e. The maximum absolute atomic E-state index is 9.80. The van der Waals surface area contributed by atoms with Crippen molar-refractivity contribution < 1.29 is 5.11 Å². The Balaban J connectivity index is 2.81. The van der Waals surface area contributed by atoms with Crippen molar-refractivity contribution in [1.29, 1.82) is 0 Å². The SMILES string of the molecule is CC(C)=CC1(C)CCCC(O)C1C. The summed E-state index contributed by atoms with van der Waals surface area (Å²) in [5, 5.41) is 9.80. The minimum absolute atomic E-state index is 0.102. The lowest BCUT2D eigenvalue weighted by molar-refractivity contribution is 0.0162. The van der Waals surface area contributed by atoms with Crippen LogP contribution in [-0.4, -0.2) is 11.2 Å². The van der Waals surface area contributed by atoms with Crippen molar-refractivity contribution in [1.82, 2.24) is 0 Å². The monoisotopic (exact) mass is 182 g/mol. The lowest BCUT2D eigenvalue weighted by atomic mass is 9.66. The van der Waals surface area contributed by atoms with Crippen molar-refractivity contribution in [3.05, 3.63) is 11.6 Å². The van der Waals surface area contributed by atoms with E-state index in [1.54, 1.807) is 0 Å². The highest BCUT2D eigenvalue weighted by atomic mass is 16.3. The van der Waals surface area contributed by atoms with Crippen LogP contribution in [0.25, 0.3) is 0 Å². The molecule has 0 radical (unpaired) electrons. The zero-order valence-corrected chi connectivity index (χ0v) is 9.30. The third kappa shape index (κ3) is 2.34. The van der Waals surface area contributed by atoms with Gasteiger partial charge in [-0.3, -0.25) is 0 Å². The van der Waals surface area contributed by atoms with Gasteiger partial charge in [-0.05, 0) is 38.0 Å². The Hall–Kier alpha value is -0.300. The molecule has 1 heteroatoms. The average molecular weight is 182 g/mol. The average Bonchev–Trinajstić information content (AvgIpc) is 1.99. The third-order valence-electron chi connectivity index (χ3n) is 3.45. The van der Waals surface area contributed by atoms with E-state index in [1.165, 1.54) is 12.0 Å². The van der Waals surface area contributed by atoms with Gasteiger partial charge < -0.3 is 5.11 Å². The third-order valence-corrected chi connectivity index (χ3v) is 3.45. The molecule has 1 aliphatic carbocycles. The molecule has 0 aliphatic heterocycles. The van der Waals surface area contributed by atoms with E-state index in [4.69, 9.17) is 0 Å². The highest BCUT2D eigenvalue weighted by Gasteiger charge is 2.36. The Morgan fingerprint density at radius 3 is 2.62 bits per heavy atom. The summed E-state index contributed by atoms with van der Waals surface area (Å²) in [5.74, 6) is 0.399. The Kier molecular flexibility index (Phi) is 3.18. The molecule has 1 fully saturated rings. The van der Waals surface area contributed by atoms with Gasteiger partial charge in [0.1, 0.15) is 0 Å². The molecule has 0 heterocycles. The van der Waals surface area contributed by atoms with Gasteiger partial charge in [0.2, 0.25) is 0 Å². The van der Waals surface area contributed by atoms with Crippen LogP contribution >= 0.6 is 0 Å². The van der Waals surface area contributed by atoms with Gasteiger partial charge in [-0.15, -0.1) is 0 Å². The molecule has 76 valence electrons. The van der Waals surface area contributed by atoms with Crippen LogP contribution in [0.2, 0.25) is 0 Å². The number of rotatable bonds is 1. The molecule has 1 nitrogen and oxygen atoms in total. The zero-order chi connectivity index (χ0) is 10.1. The summed E-state index contributed by atoms with van der Waals surface area (Å²) in [6.07, 6.45) is 5.59. The van der Waals surface area contributed by atoms with E-state index in [0.717, 1.165) is 12.8 Å². The Bertz CT molecular complexity index is 203. The van der Waals surface area contributed by atoms with Crippen molar-refractivity contribution in [2.75, 3.05) is 0 Å². The minimum Gasteiger partial charge on any atom is -0.393 e. The number of hydrogen-bond acceptors (Lipinski definition) is 1. The lowest BCUT2D eigenvalue weighted by Gasteiger charge is -2.41. The summed E-state index contributed by atoms with van der Waals surface area (Å²) in [5.41, 5.74) is 1.58. The first-order valence-electron chi connectivity index (χ1n) is 5.30. The van der Waals surface area contributed by atoms with Crippen LogP contribution in [0.15, 0.2) is 11.6 Å². The first kappa shape index (κ1) is 10.8. The topological polar surface area (TPSA) is 20.2 Å². The molecule has 0 bridgehead atoms. The predicted molar refractivity (Wildman–Crippen MR) is 56.6 cm³/mol. The van der Waals surface area contributed by atoms with Gasteiger partial charge >= 0.3 is 0 Å². The molecule has 0 spiro atoms. The minimum atomic E-state index is -0.102. The van der Waals surface area contributed by atoms with Crippen molar-refractivity contribution in [2.24, 2.45) is 11.3 Å². The molecular formula is C12H22O. The van der Waals surface area contributed by atoms with Gasteiger partial charge in [0.25, 0.3) is 0 Å². The Morgan fingerprint density at radius 2 is 2.08 bits per heavy atom. The molecule has 13 heavy (non-hydrogen) atoms. The van der Waals surface area contributed by atoms with E-state index in [1.807, 2.05) is 0 Å². The molecule has 0 amide bonds. The summed E-state index contributed by atoms with van der Waals surface area (Å²) in [4.78, 5) is 0. The van der Waals surface area contributed by atoms with Gasteiger partial charge in [-0.2, -0.15) is 0 Å². The molecule has 0 aromatic carbocycles. The number of aliphatic hydroxyl groups excluding tert-OH is 1. The van der Waals surface area contributed by atoms with E-state index in [2.05, 4.69) is 33.8 Å². The van der Waals surface area contributed by atoms with Crippen LogP contribution in [0.1, 0.15) is 47.0 Å². The van der Waals surface area contributed by atoms with E-state index < -0.39 is 0 Å². The van der Waals surface area contributed by atoms with Crippen LogP contribution in [-0.2, 0) is 0 Å². The summed E-state index contributed by atoms with van der Waals surface area (Å²) in [6, 6.07) is 0. The molecular weight excluding hydrogens is 160 g/mol. The molecule has 1 aliphatic rings. The van der Waals surface area contributed by atoms with Crippen molar-refractivity contribution >= 4 is 0 Å². The second kappa shape index (κ2) is 3.83. The fourth-order valence-electron chi connectivity index (χ4n) is 2.47. The number of aliphatic hydroxyl groups is 1. The first-order valence-corrected chi connectivity index (χ1v) is 5.30. The molecule has 0 aromatic heterocycles. The molecule has 1 saturated carbocycles. The maximum Gasteiger partial charge on any atom is 0.0574 e. The molecule has 3 atom stereocenters. The van der Waals surface area contributed by atoms with Crippen LogP contribution in [0.3, 0.4) is 0 Å². The van der Waals surface area contributed by atoms with Crippen molar-refractivity contribution in [3.63, 3.8) is 0 Å². The van der Waals surface area contributed by atoms with Gasteiger partial charge in [0.15, 0.2) is 0 Å². The summed E-state index contributed by atoms with van der Waals surface area (Å²) in [7, 11) is 0. The van der Waals surface area contributed by atoms with Crippen LogP contribution in [0.4, 0.5) is 0 Å². The zero-order valence-electron chi connectivity index (χ0n) is 9.30. The number of hydrogen-bond donors (Lipinski definition) is 1. The van der Waals surface area contributed by atoms with E-state index in [9.17, 15) is 5.11 Å². The highest BCUT2D eigenvalue weighted by Crippen LogP contribution is 2.42. The van der Waals surface area contributed by atoms with Crippen molar-refractivity contribution in [3.8, 4) is 0 Å². The van der Waals surface area contributed by atoms with Crippen molar-refractivity contribution in [2.45, 2.75) is 53.1 Å². The van der Waals surface area contributed by atoms with E-state index in [0.29, 0.717) is 5.92 Å². The van der Waals surface area contributed by atoms with E-state index >= 15 is 0 Å². The Labute approximate surface area is 81.9 Å². The normalized spacial score (nSPS) is 40.1.